The number of benzene rings is 2. The van der Waals surface area contributed by atoms with Crippen LogP contribution in [0.15, 0.2) is 61.3 Å². The lowest BCUT2D eigenvalue weighted by Gasteiger charge is -2.51. The van der Waals surface area contributed by atoms with Crippen molar-refractivity contribution in [3.05, 3.63) is 78.0 Å². The number of ether oxygens (including phenoxy) is 1. The van der Waals surface area contributed by atoms with Crippen LogP contribution in [0.5, 0.6) is 0 Å². The number of thiocarbonyl (C=S) groups is 1. The number of unbranched alkanes of at least 4 members (excludes halogenated alkanes) is 1. The van der Waals surface area contributed by atoms with Gasteiger partial charge in [-0.2, -0.15) is 13.2 Å². The number of fused-ring (bicyclic) bond motifs is 4. The Balaban J connectivity index is 1.41. The molecule has 1 aromatic heterocycles. The maximum atomic E-state index is 13.3. The zero-order chi connectivity index (χ0) is 29.1. The molecule has 5 atom stereocenters. The molecule has 3 aliphatic heterocycles. The van der Waals surface area contributed by atoms with Gasteiger partial charge in [-0.1, -0.05) is 19.4 Å². The molecule has 2 aromatic carbocycles. The third-order valence-corrected chi connectivity index (χ3v) is 8.51. The fourth-order valence-corrected chi connectivity index (χ4v) is 6.50. The predicted molar refractivity (Wildman–Crippen MR) is 163 cm³/mol. The van der Waals surface area contributed by atoms with Gasteiger partial charge >= 0.3 is 6.18 Å². The van der Waals surface area contributed by atoms with E-state index in [1.165, 1.54) is 6.42 Å². The Morgan fingerprint density at radius 3 is 2.71 bits per heavy atom. The number of hydrogen-bond acceptors (Lipinski definition) is 4. The zero-order valence-electron chi connectivity index (χ0n) is 23.5. The van der Waals surface area contributed by atoms with Crippen molar-refractivity contribution in [2.75, 3.05) is 30.3 Å². The third kappa shape index (κ3) is 6.74. The summed E-state index contributed by atoms with van der Waals surface area (Å²) in [4.78, 5) is 7.17. The minimum Gasteiger partial charge on any atom is -0.372 e. The molecule has 3 aliphatic rings. The van der Waals surface area contributed by atoms with Crippen LogP contribution < -0.4 is 10.6 Å². The number of pyridine rings is 1. The van der Waals surface area contributed by atoms with E-state index in [1.54, 1.807) is 13.0 Å². The summed E-state index contributed by atoms with van der Waals surface area (Å²) in [7, 11) is 0. The number of nitrogens with one attached hydrogen (secondary N) is 2. The van der Waals surface area contributed by atoms with Crippen molar-refractivity contribution in [2.45, 2.75) is 57.9 Å². The van der Waals surface area contributed by atoms with E-state index in [-0.39, 0.29) is 22.9 Å². The van der Waals surface area contributed by atoms with Gasteiger partial charge in [0.2, 0.25) is 0 Å². The van der Waals surface area contributed by atoms with Gasteiger partial charge in [0, 0.05) is 42.2 Å². The van der Waals surface area contributed by atoms with Crippen LogP contribution in [0.25, 0.3) is 10.9 Å². The lowest BCUT2D eigenvalue weighted by Crippen LogP contribution is -2.55. The number of nitrogens with zero attached hydrogens (tertiary/aromatic N) is 2. The van der Waals surface area contributed by atoms with Crippen molar-refractivity contribution in [2.24, 2.45) is 11.8 Å². The molecule has 3 saturated heterocycles. The molecule has 6 rings (SSSR count). The largest absolute Gasteiger partial charge is 0.416 e. The van der Waals surface area contributed by atoms with E-state index in [4.69, 9.17) is 17.0 Å². The highest BCUT2D eigenvalue weighted by molar-refractivity contribution is 7.80. The number of rotatable bonds is 9. The Morgan fingerprint density at radius 2 is 2.00 bits per heavy atom. The van der Waals surface area contributed by atoms with Crippen LogP contribution in [-0.4, -0.2) is 40.7 Å². The smallest absolute Gasteiger partial charge is 0.372 e. The SMILES string of the molecule is C=CC1CN2CCC1CC2[C@@H](OCCCC)c1ccnc2ccc(NC(=S)Nc3cc(C)cc(C(F)(F)F)c3)cc12. The number of hydrogen-bond donors (Lipinski definition) is 2. The number of aryl methyl sites for hydroxylation is 1. The van der Waals surface area contributed by atoms with Crippen LogP contribution in [0.4, 0.5) is 24.5 Å². The maximum absolute atomic E-state index is 13.3. The summed E-state index contributed by atoms with van der Waals surface area (Å²) in [5, 5.41) is 7.23. The van der Waals surface area contributed by atoms with Crippen molar-refractivity contribution in [3.63, 3.8) is 0 Å². The van der Waals surface area contributed by atoms with Crippen LogP contribution >= 0.6 is 12.2 Å². The molecule has 0 spiro atoms. The summed E-state index contributed by atoms with van der Waals surface area (Å²) < 4.78 is 46.5. The van der Waals surface area contributed by atoms with Gasteiger partial charge in [-0.25, -0.2) is 0 Å². The maximum Gasteiger partial charge on any atom is 0.416 e. The Bertz CT molecular complexity index is 1410. The number of halogens is 3. The number of aromatic nitrogens is 1. The van der Waals surface area contributed by atoms with Crippen molar-refractivity contribution < 1.29 is 17.9 Å². The Labute approximate surface area is 245 Å². The summed E-state index contributed by atoms with van der Waals surface area (Å²) in [6, 6.07) is 11.9. The fourth-order valence-electron chi connectivity index (χ4n) is 6.26. The van der Waals surface area contributed by atoms with Crippen molar-refractivity contribution in [1.29, 1.82) is 0 Å². The predicted octanol–water partition coefficient (Wildman–Crippen LogP) is 8.13. The van der Waals surface area contributed by atoms with Crippen molar-refractivity contribution in [1.82, 2.24) is 9.88 Å². The molecule has 0 radical (unpaired) electrons. The van der Waals surface area contributed by atoms with Gasteiger partial charge in [-0.3, -0.25) is 9.88 Å². The van der Waals surface area contributed by atoms with E-state index in [2.05, 4.69) is 46.2 Å². The minimum atomic E-state index is -4.43. The lowest BCUT2D eigenvalue weighted by molar-refractivity contribution is -0.137. The van der Waals surface area contributed by atoms with Crippen LogP contribution in [0.1, 0.15) is 55.4 Å². The summed E-state index contributed by atoms with van der Waals surface area (Å²) in [6.07, 6.45) is 3.72. The fraction of sp³-hybridized carbons (Fsp3) is 0.438. The molecule has 218 valence electrons. The van der Waals surface area contributed by atoms with Gasteiger partial charge in [0.25, 0.3) is 0 Å². The number of anilines is 2. The van der Waals surface area contributed by atoms with Crippen LogP contribution in [0.2, 0.25) is 0 Å². The Kier molecular flexibility index (Phi) is 8.97. The van der Waals surface area contributed by atoms with Crippen LogP contribution in [-0.2, 0) is 10.9 Å². The van der Waals surface area contributed by atoms with E-state index in [1.807, 2.05) is 24.4 Å². The van der Waals surface area contributed by atoms with Gasteiger partial charge in [0.15, 0.2) is 5.11 Å². The van der Waals surface area contributed by atoms with Crippen LogP contribution in [0, 0.1) is 18.8 Å². The summed E-state index contributed by atoms with van der Waals surface area (Å²) >= 11 is 5.48. The Morgan fingerprint density at radius 1 is 1.20 bits per heavy atom. The highest BCUT2D eigenvalue weighted by atomic mass is 32.1. The van der Waals surface area contributed by atoms with E-state index < -0.39 is 11.7 Å². The molecule has 2 N–H and O–H groups in total. The first kappa shape index (κ1) is 29.5. The molecular weight excluding hydrogens is 545 g/mol. The van der Waals surface area contributed by atoms with Crippen molar-refractivity contribution in [3.8, 4) is 0 Å². The molecule has 2 bridgehead atoms. The zero-order valence-corrected chi connectivity index (χ0v) is 24.3. The van der Waals surface area contributed by atoms with Gasteiger partial charge in [-0.05, 0) is 110 Å². The van der Waals surface area contributed by atoms with Gasteiger partial charge in [0.1, 0.15) is 0 Å². The molecule has 0 saturated carbocycles. The second-order valence-electron chi connectivity index (χ2n) is 11.2. The summed E-state index contributed by atoms with van der Waals surface area (Å²) in [6.45, 7) is 10.6. The Hall–Kier alpha value is -3.01. The normalized spacial score (nSPS) is 22.9. The monoisotopic (exact) mass is 582 g/mol. The second kappa shape index (κ2) is 12.5. The second-order valence-corrected chi connectivity index (χ2v) is 11.6. The standard InChI is InChI=1S/C32H37F3N4OS/c1-4-6-13-40-30(29-16-22-10-12-39(29)19-21(22)5-2)26-9-11-36-28-8-7-24(18-27(26)28)37-31(41)38-25-15-20(3)14-23(17-25)32(33,34)35/h5,7-9,11,14-15,17-18,21-22,29-30H,2,4,6,10,12-13,16,19H2,1,3H3,(H2,37,38,41)/t21?,22?,29?,30-/m0/s1. The van der Waals surface area contributed by atoms with E-state index in [9.17, 15) is 13.2 Å². The van der Waals surface area contributed by atoms with E-state index in [0.717, 1.165) is 66.6 Å². The molecule has 3 fully saturated rings. The van der Waals surface area contributed by atoms with E-state index >= 15 is 0 Å². The molecule has 9 heteroatoms. The quantitative estimate of drug-likeness (QED) is 0.151. The van der Waals surface area contributed by atoms with Gasteiger partial charge in [0.05, 0.1) is 17.2 Å². The van der Waals surface area contributed by atoms with E-state index in [0.29, 0.717) is 24.0 Å². The summed E-state index contributed by atoms with van der Waals surface area (Å²) in [5.74, 6) is 1.14. The topological polar surface area (TPSA) is 49.4 Å². The molecular formula is C32H37F3N4OS. The first-order valence-corrected chi connectivity index (χ1v) is 14.7. The number of piperidine rings is 3. The molecule has 4 heterocycles. The molecule has 4 unspecified atom stereocenters. The first-order chi connectivity index (χ1) is 19.7. The van der Waals surface area contributed by atoms with Gasteiger partial charge in [-0.15, -0.1) is 6.58 Å². The molecule has 3 aromatic rings. The molecule has 0 aliphatic carbocycles. The highest BCUT2D eigenvalue weighted by Gasteiger charge is 2.43. The van der Waals surface area contributed by atoms with Crippen LogP contribution in [0.3, 0.4) is 0 Å². The third-order valence-electron chi connectivity index (χ3n) is 8.30. The average Bonchev–Trinajstić information content (AvgIpc) is 2.94. The summed E-state index contributed by atoms with van der Waals surface area (Å²) in [5.41, 5.74) is 2.72. The first-order valence-electron chi connectivity index (χ1n) is 14.3. The molecule has 41 heavy (non-hydrogen) atoms. The average molecular weight is 583 g/mol. The molecule has 0 amide bonds. The minimum absolute atomic E-state index is 0.103. The van der Waals surface area contributed by atoms with Gasteiger partial charge < -0.3 is 15.4 Å². The highest BCUT2D eigenvalue weighted by Crippen LogP contribution is 2.43. The van der Waals surface area contributed by atoms with Crippen molar-refractivity contribution >= 4 is 39.6 Å². The lowest BCUT2D eigenvalue weighted by atomic mass is 9.73. The number of alkyl halides is 3. The molecule has 5 nitrogen and oxygen atoms in total.